The van der Waals surface area contributed by atoms with Crippen molar-refractivity contribution in [2.24, 2.45) is 0 Å². The normalized spacial score (nSPS) is 15.0. The third kappa shape index (κ3) is 2.63. The SMILES string of the molecule is COc1ccc2nc(NC(=O)NC3CCC3)sc2c1. The second-order valence-electron chi connectivity index (χ2n) is 4.58. The van der Waals surface area contributed by atoms with Crippen LogP contribution in [-0.4, -0.2) is 24.2 Å². The van der Waals surface area contributed by atoms with Crippen molar-refractivity contribution in [1.29, 1.82) is 0 Å². The highest BCUT2D eigenvalue weighted by atomic mass is 32.1. The van der Waals surface area contributed by atoms with Crippen LogP contribution in [0.1, 0.15) is 19.3 Å². The van der Waals surface area contributed by atoms with Gasteiger partial charge in [0.15, 0.2) is 5.13 Å². The minimum Gasteiger partial charge on any atom is -0.497 e. The largest absolute Gasteiger partial charge is 0.497 e. The molecule has 1 fully saturated rings. The lowest BCUT2D eigenvalue weighted by Gasteiger charge is -2.26. The van der Waals surface area contributed by atoms with Gasteiger partial charge in [0, 0.05) is 6.04 Å². The molecule has 0 spiro atoms. The van der Waals surface area contributed by atoms with Crippen molar-refractivity contribution < 1.29 is 9.53 Å². The number of urea groups is 1. The van der Waals surface area contributed by atoms with Crippen LogP contribution in [0, 0.1) is 0 Å². The lowest BCUT2D eigenvalue weighted by molar-refractivity contribution is 0.240. The van der Waals surface area contributed by atoms with E-state index in [1.807, 2.05) is 18.2 Å². The number of ether oxygens (including phenoxy) is 1. The summed E-state index contributed by atoms with van der Waals surface area (Å²) in [4.78, 5) is 16.1. The number of rotatable bonds is 3. The smallest absolute Gasteiger partial charge is 0.321 e. The zero-order valence-electron chi connectivity index (χ0n) is 10.6. The molecule has 5 nitrogen and oxygen atoms in total. The molecule has 1 saturated carbocycles. The Kier molecular flexibility index (Phi) is 3.25. The fourth-order valence-electron chi connectivity index (χ4n) is 1.96. The van der Waals surface area contributed by atoms with Crippen LogP contribution in [0.25, 0.3) is 10.2 Å². The number of benzene rings is 1. The number of methoxy groups -OCH3 is 1. The van der Waals surface area contributed by atoms with Gasteiger partial charge in [-0.15, -0.1) is 0 Å². The molecule has 100 valence electrons. The van der Waals surface area contributed by atoms with Crippen LogP contribution >= 0.6 is 11.3 Å². The Hall–Kier alpha value is -1.82. The highest BCUT2D eigenvalue weighted by molar-refractivity contribution is 7.22. The fraction of sp³-hybridized carbons (Fsp3) is 0.385. The van der Waals surface area contributed by atoms with E-state index in [0.29, 0.717) is 11.2 Å². The molecule has 2 N–H and O–H groups in total. The molecular weight excluding hydrogens is 262 g/mol. The van der Waals surface area contributed by atoms with Crippen molar-refractivity contribution in [2.75, 3.05) is 12.4 Å². The third-order valence-corrected chi connectivity index (χ3v) is 4.19. The maximum atomic E-state index is 11.7. The first kappa shape index (κ1) is 12.2. The Morgan fingerprint density at radius 1 is 1.47 bits per heavy atom. The second kappa shape index (κ2) is 5.05. The zero-order valence-corrected chi connectivity index (χ0v) is 11.4. The van der Waals surface area contributed by atoms with Crippen molar-refractivity contribution in [2.45, 2.75) is 25.3 Å². The zero-order chi connectivity index (χ0) is 13.2. The van der Waals surface area contributed by atoms with Gasteiger partial charge in [-0.05, 0) is 37.5 Å². The van der Waals surface area contributed by atoms with Gasteiger partial charge in [-0.1, -0.05) is 11.3 Å². The molecule has 1 aliphatic rings. The monoisotopic (exact) mass is 277 g/mol. The average Bonchev–Trinajstić information content (AvgIpc) is 2.74. The molecule has 0 radical (unpaired) electrons. The van der Waals surface area contributed by atoms with Crippen LogP contribution in [0.2, 0.25) is 0 Å². The van der Waals surface area contributed by atoms with E-state index in [1.54, 1.807) is 7.11 Å². The quantitative estimate of drug-likeness (QED) is 0.906. The van der Waals surface area contributed by atoms with E-state index in [9.17, 15) is 4.79 Å². The minimum absolute atomic E-state index is 0.171. The van der Waals surface area contributed by atoms with Gasteiger partial charge in [0.05, 0.1) is 17.3 Å². The van der Waals surface area contributed by atoms with Crippen molar-refractivity contribution in [1.82, 2.24) is 10.3 Å². The van der Waals surface area contributed by atoms with Crippen molar-refractivity contribution in [3.05, 3.63) is 18.2 Å². The minimum atomic E-state index is -0.171. The number of hydrogen-bond donors (Lipinski definition) is 2. The Labute approximate surface area is 115 Å². The van der Waals surface area contributed by atoms with E-state index >= 15 is 0 Å². The molecule has 1 aliphatic carbocycles. The topological polar surface area (TPSA) is 63.2 Å². The van der Waals surface area contributed by atoms with E-state index < -0.39 is 0 Å². The predicted octanol–water partition coefficient (Wildman–Crippen LogP) is 2.98. The molecule has 6 heteroatoms. The Morgan fingerprint density at radius 2 is 2.32 bits per heavy atom. The number of aromatic nitrogens is 1. The number of hydrogen-bond acceptors (Lipinski definition) is 4. The molecule has 3 rings (SSSR count). The van der Waals surface area contributed by atoms with Crippen LogP contribution in [0.4, 0.5) is 9.93 Å². The first-order valence-corrected chi connectivity index (χ1v) is 7.08. The predicted molar refractivity (Wildman–Crippen MR) is 76.0 cm³/mol. The summed E-state index contributed by atoms with van der Waals surface area (Å²) >= 11 is 1.44. The van der Waals surface area contributed by atoms with Gasteiger partial charge in [-0.25, -0.2) is 9.78 Å². The van der Waals surface area contributed by atoms with Gasteiger partial charge in [-0.3, -0.25) is 5.32 Å². The molecule has 2 aromatic rings. The molecule has 1 aromatic carbocycles. The summed E-state index contributed by atoms with van der Waals surface area (Å²) in [5, 5.41) is 6.32. The molecular formula is C13H15N3O2S. The maximum Gasteiger partial charge on any atom is 0.321 e. The van der Waals surface area contributed by atoms with Crippen LogP contribution in [0.5, 0.6) is 5.75 Å². The summed E-state index contributed by atoms with van der Waals surface area (Å²) < 4.78 is 6.17. The summed E-state index contributed by atoms with van der Waals surface area (Å²) in [6.45, 7) is 0. The van der Waals surface area contributed by atoms with Crippen molar-refractivity contribution in [3.8, 4) is 5.75 Å². The van der Waals surface area contributed by atoms with Gasteiger partial charge < -0.3 is 10.1 Å². The average molecular weight is 277 g/mol. The first-order chi connectivity index (χ1) is 9.24. The molecule has 1 heterocycles. The van der Waals surface area contributed by atoms with Crippen LogP contribution < -0.4 is 15.4 Å². The van der Waals surface area contributed by atoms with Gasteiger partial charge in [-0.2, -0.15) is 0 Å². The van der Waals surface area contributed by atoms with Crippen LogP contribution in [-0.2, 0) is 0 Å². The van der Waals surface area contributed by atoms with E-state index in [4.69, 9.17) is 4.74 Å². The number of carbonyl (C=O) groups is 1. The summed E-state index contributed by atoms with van der Waals surface area (Å²) in [5.41, 5.74) is 0.866. The molecule has 0 saturated heterocycles. The summed E-state index contributed by atoms with van der Waals surface area (Å²) in [6, 6.07) is 5.83. The van der Waals surface area contributed by atoms with E-state index in [-0.39, 0.29) is 6.03 Å². The number of nitrogens with one attached hydrogen (secondary N) is 2. The Balaban J connectivity index is 1.71. The molecule has 2 amide bonds. The van der Waals surface area contributed by atoms with Gasteiger partial charge in [0.1, 0.15) is 5.75 Å². The van der Waals surface area contributed by atoms with Crippen molar-refractivity contribution >= 4 is 32.7 Å². The van der Waals surface area contributed by atoms with E-state index in [1.165, 1.54) is 17.8 Å². The first-order valence-electron chi connectivity index (χ1n) is 6.27. The van der Waals surface area contributed by atoms with Gasteiger partial charge >= 0.3 is 6.03 Å². The molecule has 0 bridgehead atoms. The van der Waals surface area contributed by atoms with Gasteiger partial charge in [0.25, 0.3) is 0 Å². The summed E-state index contributed by atoms with van der Waals surface area (Å²) in [5.74, 6) is 0.793. The van der Waals surface area contributed by atoms with Crippen LogP contribution in [0.3, 0.4) is 0 Å². The number of carbonyl (C=O) groups excluding carboxylic acids is 1. The lowest BCUT2D eigenvalue weighted by atomic mass is 9.93. The third-order valence-electron chi connectivity index (χ3n) is 3.26. The van der Waals surface area contributed by atoms with E-state index in [2.05, 4.69) is 15.6 Å². The molecule has 1 aromatic heterocycles. The van der Waals surface area contributed by atoms with Gasteiger partial charge in [0.2, 0.25) is 0 Å². The molecule has 19 heavy (non-hydrogen) atoms. The van der Waals surface area contributed by atoms with E-state index in [0.717, 1.165) is 28.8 Å². The Morgan fingerprint density at radius 3 is 3.00 bits per heavy atom. The lowest BCUT2D eigenvalue weighted by Crippen LogP contribution is -2.41. The highest BCUT2D eigenvalue weighted by Gasteiger charge is 2.19. The molecule has 0 unspecified atom stereocenters. The number of anilines is 1. The second-order valence-corrected chi connectivity index (χ2v) is 5.61. The summed E-state index contributed by atoms with van der Waals surface area (Å²) in [6.07, 6.45) is 3.35. The Bertz CT molecular complexity index is 607. The van der Waals surface area contributed by atoms with Crippen LogP contribution in [0.15, 0.2) is 18.2 Å². The molecule has 0 atom stereocenters. The molecule has 0 aliphatic heterocycles. The summed E-state index contributed by atoms with van der Waals surface area (Å²) in [7, 11) is 1.63. The standard InChI is InChI=1S/C13H15N3O2S/c1-18-9-5-6-10-11(7-9)19-13(15-10)16-12(17)14-8-3-2-4-8/h5-8H,2-4H2,1H3,(H2,14,15,16,17). The number of fused-ring (bicyclic) bond motifs is 1. The number of thiazole rings is 1. The highest BCUT2D eigenvalue weighted by Crippen LogP contribution is 2.29. The number of nitrogens with zero attached hydrogens (tertiary/aromatic N) is 1. The fourth-order valence-corrected chi connectivity index (χ4v) is 2.85. The number of amides is 2. The maximum absolute atomic E-state index is 11.7. The van der Waals surface area contributed by atoms with Crippen molar-refractivity contribution in [3.63, 3.8) is 0 Å².